The minimum Gasteiger partial charge on any atom is -0.481 e. The van der Waals surface area contributed by atoms with Crippen LogP contribution in [0, 0.1) is 92.7 Å². The number of aliphatic hydroxyl groups is 3. The minimum absolute atomic E-state index is 0.0194. The quantitative estimate of drug-likeness (QED) is 0.199. The number of fused-ring (bicyclic) bond motifs is 10. The molecule has 6 nitrogen and oxygen atoms in total. The second kappa shape index (κ2) is 13.8. The molecule has 0 radical (unpaired) electrons. The molecule has 0 saturated heterocycles. The number of carboxylic acid groups (broad SMARTS) is 1. The molecule has 296 valence electrons. The summed E-state index contributed by atoms with van der Waals surface area (Å²) in [5, 5.41) is 43.9. The summed E-state index contributed by atoms with van der Waals surface area (Å²) in [5.74, 6) is 6.05. The monoisotopic (exact) mass is 725 g/mol. The Labute approximate surface area is 316 Å². The van der Waals surface area contributed by atoms with Crippen molar-refractivity contribution in [2.45, 2.75) is 182 Å². The van der Waals surface area contributed by atoms with E-state index in [1.54, 1.807) is 0 Å². The van der Waals surface area contributed by atoms with Crippen LogP contribution in [-0.2, 0) is 9.53 Å². The second-order valence-electron chi connectivity index (χ2n) is 22.0. The van der Waals surface area contributed by atoms with Gasteiger partial charge in [0.05, 0.1) is 24.4 Å². The molecule has 20 atom stereocenters. The van der Waals surface area contributed by atoms with Crippen LogP contribution < -0.4 is 0 Å². The Morgan fingerprint density at radius 3 is 1.71 bits per heavy atom. The van der Waals surface area contributed by atoms with E-state index in [0.717, 1.165) is 70.3 Å². The van der Waals surface area contributed by atoms with Crippen molar-refractivity contribution in [3.63, 3.8) is 0 Å². The van der Waals surface area contributed by atoms with Gasteiger partial charge in [-0.15, -0.1) is 0 Å². The summed E-state index contributed by atoms with van der Waals surface area (Å²) >= 11 is 0. The van der Waals surface area contributed by atoms with Gasteiger partial charge in [0.25, 0.3) is 0 Å². The standard InChI is InChI=1S/C46H76O6/c1-26(7-16-42(50)51)34-12-14-36-33-11-9-29-22-31(18-20-44(29,4)39(33)24-40(48)45(34,36)5)52-25-27(2)35-13-15-37-32-10-8-28-21-30(47)17-19-43(28,3)38(32)23-41(49)46(35,37)6/h26-41,47-49H,7-25H2,1-6H3,(H,50,51)/t26-,27-,28-,29-,30-,31-,32?,33?,34-,35-,36?,37?,38?,39?,40+,41+,43+,44+,45-,46-/m1/s1. The zero-order chi connectivity index (χ0) is 37.0. The van der Waals surface area contributed by atoms with E-state index < -0.39 is 5.97 Å². The van der Waals surface area contributed by atoms with Crippen LogP contribution in [0.3, 0.4) is 0 Å². The van der Waals surface area contributed by atoms with Gasteiger partial charge in [0, 0.05) is 13.0 Å². The predicted molar refractivity (Wildman–Crippen MR) is 204 cm³/mol. The Morgan fingerprint density at radius 1 is 0.635 bits per heavy atom. The van der Waals surface area contributed by atoms with Crippen LogP contribution in [0.1, 0.15) is 157 Å². The van der Waals surface area contributed by atoms with Crippen molar-refractivity contribution in [2.24, 2.45) is 92.7 Å². The highest BCUT2D eigenvalue weighted by Crippen LogP contribution is 2.70. The van der Waals surface area contributed by atoms with E-state index in [1.165, 1.54) is 51.4 Å². The van der Waals surface area contributed by atoms with Gasteiger partial charge in [0.2, 0.25) is 0 Å². The SMILES string of the molecule is C[C@H](CCC(=O)O)[C@H]1CCC2C3CC[C@@H]4C[C@H](OC[C@@H](C)[C@H]5CCC6C7CC[C@@H]8C[C@H](O)CC[C@]8(C)C7C[C@H](O)[C@@]65C)CC[C@]4(C)C3C[C@H](O)[C@@]21C. The van der Waals surface area contributed by atoms with E-state index in [0.29, 0.717) is 71.2 Å². The molecule has 6 heteroatoms. The number of hydrogen-bond donors (Lipinski definition) is 4. The molecule has 8 aliphatic carbocycles. The Balaban J connectivity index is 0.884. The van der Waals surface area contributed by atoms with Crippen molar-refractivity contribution in [1.29, 1.82) is 0 Å². The van der Waals surface area contributed by atoms with Crippen LogP contribution in [-0.4, -0.2) is 57.4 Å². The van der Waals surface area contributed by atoms with Gasteiger partial charge in [-0.1, -0.05) is 41.5 Å². The zero-order valence-electron chi connectivity index (χ0n) is 33.8. The van der Waals surface area contributed by atoms with Gasteiger partial charge >= 0.3 is 5.97 Å². The Bertz CT molecular complexity index is 1320. The highest BCUT2D eigenvalue weighted by Gasteiger charge is 2.65. The fourth-order valence-corrected chi connectivity index (χ4v) is 17.4. The molecule has 8 aliphatic rings. The molecular formula is C46H76O6. The lowest BCUT2D eigenvalue weighted by molar-refractivity contribution is -0.183. The van der Waals surface area contributed by atoms with Gasteiger partial charge in [-0.2, -0.15) is 0 Å². The summed E-state index contributed by atoms with van der Waals surface area (Å²) in [7, 11) is 0. The molecule has 8 rings (SSSR count). The second-order valence-corrected chi connectivity index (χ2v) is 22.0. The molecule has 0 bridgehead atoms. The van der Waals surface area contributed by atoms with Crippen molar-refractivity contribution >= 4 is 5.97 Å². The Morgan fingerprint density at radius 2 is 1.15 bits per heavy atom. The fraction of sp³-hybridized carbons (Fsp3) is 0.978. The molecule has 0 spiro atoms. The molecular weight excluding hydrogens is 649 g/mol. The molecule has 0 aliphatic heterocycles. The van der Waals surface area contributed by atoms with Crippen LogP contribution in [0.2, 0.25) is 0 Å². The minimum atomic E-state index is -0.701. The van der Waals surface area contributed by atoms with Crippen LogP contribution >= 0.6 is 0 Å². The number of carboxylic acids is 1. The average molecular weight is 725 g/mol. The third-order valence-electron chi connectivity index (χ3n) is 20.4. The van der Waals surface area contributed by atoms with Crippen LogP contribution in [0.15, 0.2) is 0 Å². The van der Waals surface area contributed by atoms with Crippen molar-refractivity contribution in [2.75, 3.05) is 6.61 Å². The maximum Gasteiger partial charge on any atom is 0.303 e. The van der Waals surface area contributed by atoms with Gasteiger partial charge < -0.3 is 25.2 Å². The van der Waals surface area contributed by atoms with Gasteiger partial charge in [-0.05, 0) is 202 Å². The number of rotatable bonds is 8. The number of hydrogen-bond acceptors (Lipinski definition) is 5. The van der Waals surface area contributed by atoms with E-state index >= 15 is 0 Å². The van der Waals surface area contributed by atoms with E-state index in [2.05, 4.69) is 41.5 Å². The topological polar surface area (TPSA) is 107 Å². The first-order valence-corrected chi connectivity index (χ1v) is 22.5. The van der Waals surface area contributed by atoms with Gasteiger partial charge in [-0.3, -0.25) is 4.79 Å². The first-order valence-electron chi connectivity index (χ1n) is 22.5. The number of ether oxygens (including phenoxy) is 1. The summed E-state index contributed by atoms with van der Waals surface area (Å²) < 4.78 is 6.94. The van der Waals surface area contributed by atoms with E-state index in [1.807, 2.05) is 0 Å². The first kappa shape index (κ1) is 38.2. The molecule has 4 N–H and O–H groups in total. The Kier molecular flexibility index (Phi) is 10.1. The Hall–Kier alpha value is -0.690. The van der Waals surface area contributed by atoms with Gasteiger partial charge in [0.1, 0.15) is 0 Å². The zero-order valence-corrected chi connectivity index (χ0v) is 33.8. The lowest BCUT2D eigenvalue weighted by atomic mass is 9.43. The number of aliphatic carboxylic acids is 1. The van der Waals surface area contributed by atoms with Crippen molar-refractivity contribution in [3.8, 4) is 0 Å². The van der Waals surface area contributed by atoms with Crippen molar-refractivity contribution in [1.82, 2.24) is 0 Å². The normalized spacial score (nSPS) is 55.2. The molecule has 0 aromatic carbocycles. The largest absolute Gasteiger partial charge is 0.481 e. The molecule has 0 heterocycles. The summed E-state index contributed by atoms with van der Waals surface area (Å²) in [5.41, 5.74) is 0.445. The molecule has 0 amide bonds. The number of carbonyl (C=O) groups is 1. The summed E-state index contributed by atoms with van der Waals surface area (Å²) in [6.07, 6.45) is 18.9. The molecule has 52 heavy (non-hydrogen) atoms. The van der Waals surface area contributed by atoms with E-state index in [9.17, 15) is 25.2 Å². The smallest absolute Gasteiger partial charge is 0.303 e. The molecule has 8 fully saturated rings. The third kappa shape index (κ3) is 5.76. The van der Waals surface area contributed by atoms with E-state index in [-0.39, 0.29) is 46.4 Å². The van der Waals surface area contributed by atoms with Crippen molar-refractivity contribution in [3.05, 3.63) is 0 Å². The maximum atomic E-state index is 12.1. The maximum absolute atomic E-state index is 12.1. The lowest BCUT2D eigenvalue weighted by Gasteiger charge is -2.62. The fourth-order valence-electron chi connectivity index (χ4n) is 17.4. The van der Waals surface area contributed by atoms with Gasteiger partial charge in [-0.25, -0.2) is 0 Å². The average Bonchev–Trinajstić information content (AvgIpc) is 3.66. The molecule has 6 unspecified atom stereocenters. The number of aliphatic hydroxyl groups excluding tert-OH is 3. The summed E-state index contributed by atoms with van der Waals surface area (Å²) in [4.78, 5) is 11.4. The lowest BCUT2D eigenvalue weighted by Crippen LogP contribution is -2.59. The predicted octanol–water partition coefficient (Wildman–Crippen LogP) is 9.13. The van der Waals surface area contributed by atoms with Gasteiger partial charge in [0.15, 0.2) is 0 Å². The molecule has 0 aromatic heterocycles. The molecule has 0 aromatic rings. The highest BCUT2D eigenvalue weighted by molar-refractivity contribution is 5.66. The first-order chi connectivity index (χ1) is 24.6. The van der Waals surface area contributed by atoms with Crippen LogP contribution in [0.25, 0.3) is 0 Å². The molecule has 8 saturated carbocycles. The summed E-state index contributed by atoms with van der Waals surface area (Å²) in [6.45, 7) is 15.4. The van der Waals surface area contributed by atoms with E-state index in [4.69, 9.17) is 4.74 Å². The summed E-state index contributed by atoms with van der Waals surface area (Å²) in [6, 6.07) is 0. The third-order valence-corrected chi connectivity index (χ3v) is 20.4. The van der Waals surface area contributed by atoms with Crippen molar-refractivity contribution < 1.29 is 30.0 Å². The van der Waals surface area contributed by atoms with Crippen LogP contribution in [0.4, 0.5) is 0 Å². The highest BCUT2D eigenvalue weighted by atomic mass is 16.5. The van der Waals surface area contributed by atoms with Crippen LogP contribution in [0.5, 0.6) is 0 Å².